The van der Waals surface area contributed by atoms with Crippen LogP contribution in [0.25, 0.3) is 0 Å². The molecule has 0 bridgehead atoms. The van der Waals surface area contributed by atoms with Gasteiger partial charge in [-0.05, 0) is 37.3 Å². The lowest BCUT2D eigenvalue weighted by Crippen LogP contribution is -2.44. The second-order valence-electron chi connectivity index (χ2n) is 7.91. The molecule has 1 aromatic carbocycles. The largest absolute Gasteiger partial charge is 0.483 e. The van der Waals surface area contributed by atoms with Crippen LogP contribution in [0, 0.1) is 19.8 Å². The predicted molar refractivity (Wildman–Crippen MR) is 119 cm³/mol. The summed E-state index contributed by atoms with van der Waals surface area (Å²) in [6, 6.07) is 5.74. The van der Waals surface area contributed by atoms with Gasteiger partial charge in [0, 0.05) is 13.1 Å². The average Bonchev–Trinajstić information content (AvgIpc) is 2.66. The maximum absolute atomic E-state index is 13.1. The second kappa shape index (κ2) is 10.1. The monoisotopic (exact) mass is 416 g/mol. The molecule has 30 heavy (non-hydrogen) atoms. The summed E-state index contributed by atoms with van der Waals surface area (Å²) in [4.78, 5) is 41.5. The van der Waals surface area contributed by atoms with Crippen LogP contribution in [0.4, 0.5) is 11.5 Å². The Bertz CT molecular complexity index is 987. The van der Waals surface area contributed by atoms with E-state index >= 15 is 0 Å². The minimum atomic E-state index is -0.675. The first-order valence-corrected chi connectivity index (χ1v) is 10.3. The molecule has 164 valence electrons. The van der Waals surface area contributed by atoms with Gasteiger partial charge in [-0.25, -0.2) is 4.79 Å². The number of para-hydroxylation sites is 1. The Labute approximate surface area is 176 Å². The third-order valence-corrected chi connectivity index (χ3v) is 4.82. The highest BCUT2D eigenvalue weighted by Crippen LogP contribution is 2.23. The summed E-state index contributed by atoms with van der Waals surface area (Å²) in [7, 11) is 0. The van der Waals surface area contributed by atoms with Crippen LogP contribution in [0.3, 0.4) is 0 Å². The number of ether oxygens (including phenoxy) is 1. The molecule has 0 saturated heterocycles. The van der Waals surface area contributed by atoms with Crippen molar-refractivity contribution in [1.29, 1.82) is 0 Å². The van der Waals surface area contributed by atoms with E-state index in [0.29, 0.717) is 12.3 Å². The number of aromatic amines is 1. The number of unbranched alkanes of at least 4 members (excludes halogenated alkanes) is 1. The molecule has 8 nitrogen and oxygen atoms in total. The molecule has 0 aliphatic carbocycles. The lowest BCUT2D eigenvalue weighted by molar-refractivity contribution is -0.120. The number of nitrogens with two attached hydrogens (primary N) is 1. The van der Waals surface area contributed by atoms with E-state index in [4.69, 9.17) is 10.5 Å². The molecule has 8 heteroatoms. The number of carbonyl (C=O) groups excluding carboxylic acids is 1. The van der Waals surface area contributed by atoms with Crippen molar-refractivity contribution in [3.63, 3.8) is 0 Å². The number of benzene rings is 1. The third kappa shape index (κ3) is 5.31. The van der Waals surface area contributed by atoms with E-state index in [1.54, 1.807) is 0 Å². The summed E-state index contributed by atoms with van der Waals surface area (Å²) >= 11 is 0. The summed E-state index contributed by atoms with van der Waals surface area (Å²) < 4.78 is 7.11. The van der Waals surface area contributed by atoms with Crippen molar-refractivity contribution in [3.05, 3.63) is 50.2 Å². The third-order valence-electron chi connectivity index (χ3n) is 4.82. The van der Waals surface area contributed by atoms with Gasteiger partial charge in [0.1, 0.15) is 11.6 Å². The van der Waals surface area contributed by atoms with Crippen LogP contribution < -0.4 is 26.6 Å². The van der Waals surface area contributed by atoms with Gasteiger partial charge in [0.15, 0.2) is 12.3 Å². The molecule has 0 aliphatic rings. The zero-order chi connectivity index (χ0) is 22.4. The first-order chi connectivity index (χ1) is 14.2. The number of hydrogen-bond acceptors (Lipinski definition) is 5. The number of nitrogen functional groups attached to an aromatic ring is 1. The van der Waals surface area contributed by atoms with Crippen LogP contribution in [-0.2, 0) is 11.3 Å². The highest BCUT2D eigenvalue weighted by Gasteiger charge is 2.25. The first-order valence-electron chi connectivity index (χ1n) is 10.3. The Balaban J connectivity index is 2.41. The molecule has 0 unspecified atom stereocenters. The minimum Gasteiger partial charge on any atom is -0.483 e. The highest BCUT2D eigenvalue weighted by molar-refractivity contribution is 5.96. The smallest absolute Gasteiger partial charge is 0.330 e. The normalized spacial score (nSPS) is 11.0. The number of anilines is 2. The van der Waals surface area contributed by atoms with Crippen molar-refractivity contribution in [1.82, 2.24) is 9.55 Å². The van der Waals surface area contributed by atoms with Gasteiger partial charge in [0.2, 0.25) is 0 Å². The van der Waals surface area contributed by atoms with Gasteiger partial charge in [-0.2, -0.15) is 0 Å². The van der Waals surface area contributed by atoms with Gasteiger partial charge in [0.05, 0.1) is 0 Å². The summed E-state index contributed by atoms with van der Waals surface area (Å²) in [6.45, 7) is 10.1. The Morgan fingerprint density at radius 3 is 2.43 bits per heavy atom. The van der Waals surface area contributed by atoms with Crippen LogP contribution in [0.5, 0.6) is 5.75 Å². The summed E-state index contributed by atoms with van der Waals surface area (Å²) in [5.74, 6) is 0.316. The van der Waals surface area contributed by atoms with Crippen LogP contribution in [0.2, 0.25) is 0 Å². The quantitative estimate of drug-likeness (QED) is 0.653. The van der Waals surface area contributed by atoms with Gasteiger partial charge < -0.3 is 15.4 Å². The van der Waals surface area contributed by atoms with Crippen molar-refractivity contribution in [2.75, 3.05) is 23.8 Å². The average molecular weight is 417 g/mol. The van der Waals surface area contributed by atoms with Gasteiger partial charge in [0.25, 0.3) is 11.5 Å². The van der Waals surface area contributed by atoms with E-state index in [1.165, 1.54) is 9.47 Å². The number of amides is 1. The second-order valence-corrected chi connectivity index (χ2v) is 7.91. The molecule has 0 saturated carbocycles. The molecule has 1 amide bonds. The van der Waals surface area contributed by atoms with Gasteiger partial charge in [-0.15, -0.1) is 0 Å². The van der Waals surface area contributed by atoms with Crippen LogP contribution in [0.1, 0.15) is 44.7 Å². The van der Waals surface area contributed by atoms with E-state index in [9.17, 15) is 14.4 Å². The standard InChI is InChI=1S/C22H32N4O4/c1-6-7-11-25-20(23)18(21(28)24-22(25)29)26(12-14(2)3)17(27)13-30-19-15(4)9-8-10-16(19)5/h8-10,14H,6-7,11-13,23H2,1-5H3,(H,24,28,29). The van der Waals surface area contributed by atoms with Crippen molar-refractivity contribution in [2.24, 2.45) is 5.92 Å². The highest BCUT2D eigenvalue weighted by atomic mass is 16.5. The molecule has 2 aromatic rings. The molecule has 1 aromatic heterocycles. The first kappa shape index (κ1) is 23.3. The summed E-state index contributed by atoms with van der Waals surface area (Å²) in [5.41, 5.74) is 6.79. The molecule has 3 N–H and O–H groups in total. The molecule has 2 rings (SSSR count). The Hall–Kier alpha value is -3.03. The lowest BCUT2D eigenvalue weighted by atomic mass is 10.1. The number of H-pyrrole nitrogens is 1. The molecular weight excluding hydrogens is 384 g/mol. The van der Waals surface area contributed by atoms with Gasteiger partial charge in [-0.1, -0.05) is 45.4 Å². The zero-order valence-corrected chi connectivity index (χ0v) is 18.4. The van der Waals surface area contributed by atoms with Crippen LogP contribution in [-0.4, -0.2) is 28.6 Å². The van der Waals surface area contributed by atoms with Crippen LogP contribution >= 0.6 is 0 Å². The topological polar surface area (TPSA) is 110 Å². The zero-order valence-electron chi connectivity index (χ0n) is 18.4. The van der Waals surface area contributed by atoms with E-state index in [-0.39, 0.29) is 30.6 Å². The maximum Gasteiger partial charge on any atom is 0.330 e. The number of nitrogens with one attached hydrogen (secondary N) is 1. The number of rotatable bonds is 9. The summed E-state index contributed by atoms with van der Waals surface area (Å²) in [5, 5.41) is 0. The van der Waals surface area contributed by atoms with Crippen molar-refractivity contribution in [2.45, 2.75) is 54.0 Å². The molecular formula is C22H32N4O4. The number of hydrogen-bond donors (Lipinski definition) is 2. The SMILES string of the molecule is CCCCn1c(N)c(N(CC(C)C)C(=O)COc2c(C)cccc2C)c(=O)[nH]c1=O. The van der Waals surface area contributed by atoms with Crippen molar-refractivity contribution < 1.29 is 9.53 Å². The molecule has 0 aliphatic heterocycles. The predicted octanol–water partition coefficient (Wildman–Crippen LogP) is 2.60. The Kier molecular flexibility index (Phi) is 7.86. The number of aromatic nitrogens is 2. The number of carbonyl (C=O) groups is 1. The van der Waals surface area contributed by atoms with Gasteiger partial charge >= 0.3 is 5.69 Å². The van der Waals surface area contributed by atoms with E-state index in [2.05, 4.69) is 4.98 Å². The fraction of sp³-hybridized carbons (Fsp3) is 0.500. The van der Waals surface area contributed by atoms with Crippen LogP contribution in [0.15, 0.2) is 27.8 Å². The Morgan fingerprint density at radius 2 is 1.87 bits per heavy atom. The molecule has 0 fully saturated rings. The van der Waals surface area contributed by atoms with Crippen molar-refractivity contribution >= 4 is 17.4 Å². The number of aryl methyl sites for hydroxylation is 2. The fourth-order valence-electron chi connectivity index (χ4n) is 3.30. The Morgan fingerprint density at radius 1 is 1.23 bits per heavy atom. The molecule has 0 spiro atoms. The lowest BCUT2D eigenvalue weighted by Gasteiger charge is -2.26. The van der Waals surface area contributed by atoms with E-state index in [0.717, 1.165) is 24.0 Å². The van der Waals surface area contributed by atoms with Crippen molar-refractivity contribution in [3.8, 4) is 5.75 Å². The number of nitrogens with zero attached hydrogens (tertiary/aromatic N) is 2. The maximum atomic E-state index is 13.1. The van der Waals surface area contributed by atoms with E-state index < -0.39 is 17.2 Å². The van der Waals surface area contributed by atoms with E-state index in [1.807, 2.05) is 52.8 Å². The summed E-state index contributed by atoms with van der Waals surface area (Å²) in [6.07, 6.45) is 1.59. The molecule has 1 heterocycles. The minimum absolute atomic E-state index is 0.00160. The molecule has 0 atom stereocenters. The van der Waals surface area contributed by atoms with Gasteiger partial charge in [-0.3, -0.25) is 19.1 Å². The molecule has 0 radical (unpaired) electrons. The fourth-order valence-corrected chi connectivity index (χ4v) is 3.30.